The van der Waals surface area contributed by atoms with Gasteiger partial charge in [-0.05, 0) is 25.0 Å². The van der Waals surface area contributed by atoms with Crippen molar-refractivity contribution in [3.05, 3.63) is 30.1 Å². The Morgan fingerprint density at radius 1 is 1.40 bits per heavy atom. The van der Waals surface area contributed by atoms with Crippen molar-refractivity contribution < 1.29 is 9.53 Å². The standard InChI is InChI=1S/C15H25N3O2/c1-4-15(16,5-2)14(19)18(10-11-20-3)12-13-8-6-7-9-17-13/h6-9H,4-5,10-12,16H2,1-3H3. The molecule has 5 nitrogen and oxygen atoms in total. The number of pyridine rings is 1. The lowest BCUT2D eigenvalue weighted by molar-refractivity contribution is -0.138. The van der Waals surface area contributed by atoms with Gasteiger partial charge in [-0.2, -0.15) is 0 Å². The molecule has 0 fully saturated rings. The van der Waals surface area contributed by atoms with Gasteiger partial charge in [-0.1, -0.05) is 19.9 Å². The maximum absolute atomic E-state index is 12.7. The molecule has 0 aliphatic carbocycles. The number of methoxy groups -OCH3 is 1. The van der Waals surface area contributed by atoms with E-state index in [0.717, 1.165) is 5.69 Å². The van der Waals surface area contributed by atoms with Crippen molar-refractivity contribution >= 4 is 5.91 Å². The van der Waals surface area contributed by atoms with Crippen molar-refractivity contribution in [3.8, 4) is 0 Å². The molecule has 20 heavy (non-hydrogen) atoms. The van der Waals surface area contributed by atoms with Crippen LogP contribution in [0.5, 0.6) is 0 Å². The van der Waals surface area contributed by atoms with Crippen LogP contribution in [0.1, 0.15) is 32.4 Å². The SMILES string of the molecule is CCC(N)(CC)C(=O)N(CCOC)Cc1ccccn1. The summed E-state index contributed by atoms with van der Waals surface area (Å²) in [6.45, 7) is 5.35. The van der Waals surface area contributed by atoms with Crippen molar-refractivity contribution in [2.75, 3.05) is 20.3 Å². The molecule has 0 aromatic carbocycles. The van der Waals surface area contributed by atoms with E-state index in [1.807, 2.05) is 32.0 Å². The summed E-state index contributed by atoms with van der Waals surface area (Å²) in [7, 11) is 1.62. The Labute approximate surface area is 121 Å². The second-order valence-corrected chi connectivity index (χ2v) is 4.90. The molecule has 0 aliphatic heterocycles. The molecule has 0 aliphatic rings. The van der Waals surface area contributed by atoms with Gasteiger partial charge in [0, 0.05) is 19.9 Å². The first kappa shape index (κ1) is 16.6. The van der Waals surface area contributed by atoms with Crippen LogP contribution in [0.4, 0.5) is 0 Å². The molecule has 1 aromatic heterocycles. The Bertz CT molecular complexity index is 405. The average Bonchev–Trinajstić information content (AvgIpc) is 2.50. The fourth-order valence-electron chi connectivity index (χ4n) is 2.01. The molecule has 0 saturated heterocycles. The van der Waals surface area contributed by atoms with Crippen LogP contribution in [0.2, 0.25) is 0 Å². The predicted octanol–water partition coefficient (Wildman–Crippen LogP) is 1.57. The highest BCUT2D eigenvalue weighted by Crippen LogP contribution is 2.16. The topological polar surface area (TPSA) is 68.5 Å². The van der Waals surface area contributed by atoms with Gasteiger partial charge in [0.15, 0.2) is 0 Å². The van der Waals surface area contributed by atoms with Crippen LogP contribution in [0.3, 0.4) is 0 Å². The summed E-state index contributed by atoms with van der Waals surface area (Å²) in [6.07, 6.45) is 2.96. The fraction of sp³-hybridized carbons (Fsp3) is 0.600. The summed E-state index contributed by atoms with van der Waals surface area (Å²) in [5, 5.41) is 0. The van der Waals surface area contributed by atoms with Crippen molar-refractivity contribution in [2.24, 2.45) is 5.73 Å². The Morgan fingerprint density at radius 2 is 2.10 bits per heavy atom. The smallest absolute Gasteiger partial charge is 0.243 e. The molecule has 1 aromatic rings. The Hall–Kier alpha value is -1.46. The summed E-state index contributed by atoms with van der Waals surface area (Å²) in [5.74, 6) is -0.0368. The number of carbonyl (C=O) groups excluding carboxylic acids is 1. The number of rotatable bonds is 8. The van der Waals surface area contributed by atoms with Gasteiger partial charge < -0.3 is 15.4 Å². The number of nitrogens with two attached hydrogens (primary N) is 1. The minimum absolute atomic E-state index is 0.0368. The van der Waals surface area contributed by atoms with E-state index in [1.54, 1.807) is 18.2 Å². The van der Waals surface area contributed by atoms with Crippen LogP contribution in [-0.4, -0.2) is 41.6 Å². The molecule has 0 atom stereocenters. The molecule has 0 unspecified atom stereocenters. The van der Waals surface area contributed by atoms with Gasteiger partial charge >= 0.3 is 0 Å². The second-order valence-electron chi connectivity index (χ2n) is 4.90. The number of hydrogen-bond donors (Lipinski definition) is 1. The molecule has 5 heteroatoms. The Morgan fingerprint density at radius 3 is 2.60 bits per heavy atom. The zero-order valence-electron chi connectivity index (χ0n) is 12.6. The first-order valence-corrected chi connectivity index (χ1v) is 7.04. The highest BCUT2D eigenvalue weighted by molar-refractivity contribution is 5.86. The van der Waals surface area contributed by atoms with Gasteiger partial charge in [0.1, 0.15) is 0 Å². The number of aromatic nitrogens is 1. The quantitative estimate of drug-likeness (QED) is 0.784. The molecule has 1 amide bonds. The molecule has 0 bridgehead atoms. The molecular weight excluding hydrogens is 254 g/mol. The molecule has 1 heterocycles. The summed E-state index contributed by atoms with van der Waals surface area (Å²) in [5.41, 5.74) is 6.26. The third-order valence-corrected chi connectivity index (χ3v) is 3.62. The second kappa shape index (κ2) is 7.97. The molecule has 112 valence electrons. The fourth-order valence-corrected chi connectivity index (χ4v) is 2.01. The first-order chi connectivity index (χ1) is 9.57. The van der Waals surface area contributed by atoms with E-state index < -0.39 is 5.54 Å². The van der Waals surface area contributed by atoms with Gasteiger partial charge in [-0.3, -0.25) is 9.78 Å². The lowest BCUT2D eigenvalue weighted by atomic mass is 9.92. The van der Waals surface area contributed by atoms with E-state index in [2.05, 4.69) is 4.98 Å². The van der Waals surface area contributed by atoms with Crippen molar-refractivity contribution in [1.82, 2.24) is 9.88 Å². The minimum atomic E-state index is -0.803. The van der Waals surface area contributed by atoms with E-state index in [-0.39, 0.29) is 5.91 Å². The number of carbonyl (C=O) groups is 1. The molecule has 0 spiro atoms. The van der Waals surface area contributed by atoms with Crippen molar-refractivity contribution in [3.63, 3.8) is 0 Å². The minimum Gasteiger partial charge on any atom is -0.383 e. The summed E-state index contributed by atoms with van der Waals surface area (Å²) < 4.78 is 5.09. The number of ether oxygens (including phenoxy) is 1. The van der Waals surface area contributed by atoms with Gasteiger partial charge in [0.05, 0.1) is 24.4 Å². The third kappa shape index (κ3) is 4.28. The predicted molar refractivity (Wildman–Crippen MR) is 79.0 cm³/mol. The van der Waals surface area contributed by atoms with Crippen molar-refractivity contribution in [2.45, 2.75) is 38.8 Å². The zero-order valence-corrected chi connectivity index (χ0v) is 12.6. The monoisotopic (exact) mass is 279 g/mol. The Kier molecular flexibility index (Phi) is 6.61. The average molecular weight is 279 g/mol. The third-order valence-electron chi connectivity index (χ3n) is 3.62. The van der Waals surface area contributed by atoms with E-state index in [0.29, 0.717) is 32.5 Å². The van der Waals surface area contributed by atoms with Gasteiger partial charge in [-0.15, -0.1) is 0 Å². The lowest BCUT2D eigenvalue weighted by Crippen LogP contribution is -2.55. The maximum atomic E-state index is 12.7. The van der Waals surface area contributed by atoms with Crippen LogP contribution < -0.4 is 5.73 Å². The largest absolute Gasteiger partial charge is 0.383 e. The van der Waals surface area contributed by atoms with Crippen LogP contribution >= 0.6 is 0 Å². The number of amides is 1. The maximum Gasteiger partial charge on any atom is 0.243 e. The molecule has 1 rings (SSSR count). The molecule has 0 saturated carbocycles. The number of nitrogens with zero attached hydrogens (tertiary/aromatic N) is 2. The van der Waals surface area contributed by atoms with Gasteiger partial charge in [0.2, 0.25) is 5.91 Å². The van der Waals surface area contributed by atoms with E-state index in [1.165, 1.54) is 0 Å². The highest BCUT2D eigenvalue weighted by Gasteiger charge is 2.34. The summed E-state index contributed by atoms with van der Waals surface area (Å²) in [4.78, 5) is 18.7. The van der Waals surface area contributed by atoms with Gasteiger partial charge in [-0.25, -0.2) is 0 Å². The summed E-state index contributed by atoms with van der Waals surface area (Å²) in [6, 6.07) is 5.68. The molecule has 0 radical (unpaired) electrons. The zero-order chi connectivity index (χ0) is 15.0. The lowest BCUT2D eigenvalue weighted by Gasteiger charge is -2.33. The summed E-state index contributed by atoms with van der Waals surface area (Å²) >= 11 is 0. The van der Waals surface area contributed by atoms with E-state index >= 15 is 0 Å². The molecule has 2 N–H and O–H groups in total. The Balaban J connectivity index is 2.85. The van der Waals surface area contributed by atoms with E-state index in [4.69, 9.17) is 10.5 Å². The first-order valence-electron chi connectivity index (χ1n) is 7.04. The van der Waals surface area contributed by atoms with Crippen LogP contribution in [0.15, 0.2) is 24.4 Å². The van der Waals surface area contributed by atoms with Crippen LogP contribution in [0.25, 0.3) is 0 Å². The normalized spacial score (nSPS) is 11.4. The molecular formula is C15H25N3O2. The number of hydrogen-bond acceptors (Lipinski definition) is 4. The van der Waals surface area contributed by atoms with E-state index in [9.17, 15) is 4.79 Å². The van der Waals surface area contributed by atoms with Crippen LogP contribution in [0, 0.1) is 0 Å². The van der Waals surface area contributed by atoms with Crippen LogP contribution in [-0.2, 0) is 16.1 Å². The van der Waals surface area contributed by atoms with Gasteiger partial charge in [0.25, 0.3) is 0 Å². The van der Waals surface area contributed by atoms with Crippen molar-refractivity contribution in [1.29, 1.82) is 0 Å². The highest BCUT2D eigenvalue weighted by atomic mass is 16.5.